The number of amides is 1. The maximum atomic E-state index is 12.3. The fourth-order valence-electron chi connectivity index (χ4n) is 4.46. The van der Waals surface area contributed by atoms with E-state index in [4.69, 9.17) is 21.1 Å². The Balaban J connectivity index is 1.31. The number of hydrogen-bond acceptors (Lipinski definition) is 5. The van der Waals surface area contributed by atoms with E-state index < -0.39 is 6.09 Å². The molecule has 6 nitrogen and oxygen atoms in total. The Kier molecular flexibility index (Phi) is 7.12. The van der Waals surface area contributed by atoms with Crippen LogP contribution in [0.25, 0.3) is 16.8 Å². The summed E-state index contributed by atoms with van der Waals surface area (Å²) in [7, 11) is 0. The molecule has 1 fully saturated rings. The molecule has 1 saturated heterocycles. The third-order valence-electron chi connectivity index (χ3n) is 6.12. The number of allylic oxidation sites excluding steroid dienone is 2. The van der Waals surface area contributed by atoms with Crippen LogP contribution < -0.4 is 10.2 Å². The van der Waals surface area contributed by atoms with Crippen LogP contribution >= 0.6 is 11.6 Å². The molecular weight excluding hydrogens is 462 g/mol. The second-order valence-electron chi connectivity index (χ2n) is 8.46. The molecule has 0 aromatic heterocycles. The smallest absolute Gasteiger partial charge is 0.409 e. The summed E-state index contributed by atoms with van der Waals surface area (Å²) in [6, 6.07) is 21.3. The second-order valence-corrected chi connectivity index (χ2v) is 8.90. The van der Waals surface area contributed by atoms with Gasteiger partial charge in [-0.15, -0.1) is 0 Å². The summed E-state index contributed by atoms with van der Waals surface area (Å²) in [4.78, 5) is 14.7. The maximum Gasteiger partial charge on any atom is 0.433 e. The number of carbonyl (C=O) groups excluding carboxylic acids is 1. The zero-order chi connectivity index (χ0) is 24.0. The van der Waals surface area contributed by atoms with E-state index >= 15 is 0 Å². The lowest BCUT2D eigenvalue weighted by Gasteiger charge is -2.31. The average molecular weight is 488 g/mol. The van der Waals surface area contributed by atoms with E-state index in [1.165, 1.54) is 5.57 Å². The van der Waals surface area contributed by atoms with Crippen molar-refractivity contribution in [3.8, 4) is 5.75 Å². The van der Waals surface area contributed by atoms with E-state index in [9.17, 15) is 4.79 Å². The quantitative estimate of drug-likeness (QED) is 0.352. The first-order valence-corrected chi connectivity index (χ1v) is 12.1. The van der Waals surface area contributed by atoms with E-state index in [0.29, 0.717) is 19.0 Å². The highest BCUT2D eigenvalue weighted by molar-refractivity contribution is 6.30. The molecule has 0 radical (unpaired) electrons. The minimum absolute atomic E-state index is 0.471. The third-order valence-corrected chi connectivity index (χ3v) is 6.37. The topological polar surface area (TPSA) is 63.2 Å². The molecule has 178 valence electrons. The number of fused-ring (bicyclic) bond motifs is 1. The van der Waals surface area contributed by atoms with Crippen LogP contribution in [0.3, 0.4) is 0 Å². The molecule has 0 unspecified atom stereocenters. The van der Waals surface area contributed by atoms with Gasteiger partial charge in [-0.1, -0.05) is 54.1 Å². The number of hydrazone groups is 1. The number of halogens is 1. The van der Waals surface area contributed by atoms with Gasteiger partial charge in [-0.25, -0.2) is 10.2 Å². The van der Waals surface area contributed by atoms with Crippen molar-refractivity contribution in [2.24, 2.45) is 5.10 Å². The van der Waals surface area contributed by atoms with Crippen molar-refractivity contribution >= 4 is 40.8 Å². The fourth-order valence-corrected chi connectivity index (χ4v) is 4.58. The van der Waals surface area contributed by atoms with Gasteiger partial charge in [-0.2, -0.15) is 5.10 Å². The van der Waals surface area contributed by atoms with Crippen molar-refractivity contribution in [2.75, 3.05) is 26.3 Å². The van der Waals surface area contributed by atoms with E-state index in [0.717, 1.165) is 58.6 Å². The van der Waals surface area contributed by atoms with Gasteiger partial charge >= 0.3 is 6.09 Å². The molecule has 0 spiro atoms. The van der Waals surface area contributed by atoms with E-state index in [2.05, 4.69) is 21.5 Å². The highest BCUT2D eigenvalue weighted by Crippen LogP contribution is 2.35. The van der Waals surface area contributed by atoms with Gasteiger partial charge in [0.2, 0.25) is 0 Å². The number of rotatable bonds is 5. The summed E-state index contributed by atoms with van der Waals surface area (Å²) in [5.74, 6) is 0.471. The van der Waals surface area contributed by atoms with Gasteiger partial charge in [-0.05, 0) is 70.7 Å². The highest BCUT2D eigenvalue weighted by Gasteiger charge is 2.25. The molecule has 35 heavy (non-hydrogen) atoms. The average Bonchev–Trinajstić information content (AvgIpc) is 3.28. The second kappa shape index (κ2) is 10.8. The van der Waals surface area contributed by atoms with Crippen LogP contribution in [0.1, 0.15) is 18.4 Å². The van der Waals surface area contributed by atoms with Crippen molar-refractivity contribution < 1.29 is 14.3 Å². The predicted octanol–water partition coefficient (Wildman–Crippen LogP) is 6.03. The molecule has 1 aliphatic heterocycles. The Morgan fingerprint density at radius 1 is 1.00 bits per heavy atom. The van der Waals surface area contributed by atoms with Gasteiger partial charge in [-0.3, -0.25) is 0 Å². The van der Waals surface area contributed by atoms with Gasteiger partial charge in [0.1, 0.15) is 5.75 Å². The summed E-state index contributed by atoms with van der Waals surface area (Å²) in [5.41, 5.74) is 7.09. The zero-order valence-corrected chi connectivity index (χ0v) is 20.0. The summed E-state index contributed by atoms with van der Waals surface area (Å²) in [6.07, 6.45) is 5.05. The van der Waals surface area contributed by atoms with Crippen molar-refractivity contribution in [3.63, 3.8) is 0 Å². The Morgan fingerprint density at radius 3 is 2.57 bits per heavy atom. The van der Waals surface area contributed by atoms with Crippen LogP contribution in [0, 0.1) is 0 Å². The molecule has 0 atom stereocenters. The minimum Gasteiger partial charge on any atom is -0.409 e. The number of carbonyl (C=O) groups is 1. The normalized spacial score (nSPS) is 17.5. The molecule has 1 heterocycles. The number of morpholine rings is 1. The van der Waals surface area contributed by atoms with Gasteiger partial charge < -0.3 is 14.4 Å². The first-order valence-electron chi connectivity index (χ1n) is 11.7. The summed E-state index contributed by atoms with van der Waals surface area (Å²) < 4.78 is 11.0. The van der Waals surface area contributed by atoms with Gasteiger partial charge in [0.05, 0.1) is 19.4 Å². The molecular formula is C28H26ClN3O3. The molecule has 1 amide bonds. The lowest BCUT2D eigenvalue weighted by Crippen LogP contribution is -2.36. The highest BCUT2D eigenvalue weighted by atomic mass is 35.5. The summed E-state index contributed by atoms with van der Waals surface area (Å²) in [5, 5.41) is 7.01. The Labute approximate surface area is 209 Å². The Bertz CT molecular complexity index is 1310. The predicted molar refractivity (Wildman–Crippen MR) is 140 cm³/mol. The van der Waals surface area contributed by atoms with Crippen LogP contribution in [0.2, 0.25) is 5.02 Å². The van der Waals surface area contributed by atoms with Crippen LogP contribution in [0.4, 0.5) is 4.79 Å². The van der Waals surface area contributed by atoms with Crippen LogP contribution in [-0.4, -0.2) is 43.5 Å². The summed E-state index contributed by atoms with van der Waals surface area (Å²) >= 11 is 6.05. The first-order chi connectivity index (χ1) is 17.2. The molecule has 1 aliphatic carbocycles. The van der Waals surface area contributed by atoms with Crippen molar-refractivity contribution in [3.05, 3.63) is 94.2 Å². The molecule has 1 N–H and O–H groups in total. The number of nitrogens with one attached hydrogen (secondary N) is 1. The number of nitrogens with zero attached hydrogens (tertiary/aromatic N) is 2. The first kappa shape index (κ1) is 23.1. The molecule has 2 aliphatic rings. The minimum atomic E-state index is -0.625. The van der Waals surface area contributed by atoms with E-state index in [-0.39, 0.29) is 0 Å². The molecule has 0 bridgehead atoms. The van der Waals surface area contributed by atoms with Gasteiger partial charge in [0.25, 0.3) is 0 Å². The van der Waals surface area contributed by atoms with Crippen LogP contribution in [0.15, 0.2) is 88.7 Å². The molecule has 0 saturated carbocycles. The largest absolute Gasteiger partial charge is 0.433 e. The summed E-state index contributed by atoms with van der Waals surface area (Å²) in [6.45, 7) is 3.03. The van der Waals surface area contributed by atoms with Gasteiger partial charge in [0, 0.05) is 23.8 Å². The molecule has 7 heteroatoms. The maximum absolute atomic E-state index is 12.3. The fraction of sp³-hybridized carbons (Fsp3) is 0.214. The van der Waals surface area contributed by atoms with E-state index in [1.807, 2.05) is 60.7 Å². The van der Waals surface area contributed by atoms with Crippen molar-refractivity contribution in [2.45, 2.75) is 12.8 Å². The lowest BCUT2D eigenvalue weighted by atomic mass is 10.1. The third kappa shape index (κ3) is 5.73. The number of benzene rings is 3. The van der Waals surface area contributed by atoms with Gasteiger partial charge in [0.15, 0.2) is 0 Å². The number of ether oxygens (including phenoxy) is 2. The molecule has 5 rings (SSSR count). The van der Waals surface area contributed by atoms with Crippen molar-refractivity contribution in [1.29, 1.82) is 0 Å². The zero-order valence-electron chi connectivity index (χ0n) is 19.2. The van der Waals surface area contributed by atoms with Crippen molar-refractivity contribution in [1.82, 2.24) is 10.3 Å². The van der Waals surface area contributed by atoms with Crippen LogP contribution in [0.5, 0.6) is 5.75 Å². The SMILES string of the molecule is O=C(N/N=C\C1=C(N2CCOCC2)C(=C/c2ccc(Cl)cc2)/CC1)Oc1ccc2ccccc2c1. The molecule has 3 aromatic carbocycles. The lowest BCUT2D eigenvalue weighted by molar-refractivity contribution is 0.0548. The number of hydrogen-bond donors (Lipinski definition) is 1. The standard InChI is InChI=1S/C28H26ClN3O3/c29-25-10-5-20(6-11-25)17-23-7-8-24(27(23)32-13-15-34-16-14-32)19-30-31-28(33)35-26-12-9-21-3-1-2-4-22(21)18-26/h1-6,9-12,17-19H,7-8,13-16H2,(H,31,33)/b23-17+,30-19-. The molecule has 3 aromatic rings. The monoisotopic (exact) mass is 487 g/mol. The van der Waals surface area contributed by atoms with E-state index in [1.54, 1.807) is 12.3 Å². The Hall–Kier alpha value is -3.61. The van der Waals surface area contributed by atoms with Crippen LogP contribution in [-0.2, 0) is 4.74 Å². The Morgan fingerprint density at radius 2 is 1.77 bits per heavy atom.